The standard InChI is InChI=1S/C51H65N9O11/c1-3-17-59(18-4-2)51(67)40-30-38-10-11-39(31-42(38)57-44(52)32-40)49(65)56-41-28-37(33-53-35-41)34-55-50(66)43(29-36-8-6-5-7-9-36)58-46(62)15-20-68-22-24-70-26-27-71-25-23-69-21-16-54-45(61)14-19-60-47(63)12-13-48(60)64/h5-13,28,30-31,33,35,43H,3-4,14-27,29,32,34H2,1-2H3,(H2,52,57)(H,54,61)(H,55,66)(H,56,65)(H,58,62). The van der Waals surface area contributed by atoms with Gasteiger partial charge in [-0.25, -0.2) is 4.99 Å². The lowest BCUT2D eigenvalue weighted by Gasteiger charge is -2.22. The number of amides is 7. The van der Waals surface area contributed by atoms with E-state index in [0.717, 1.165) is 23.3 Å². The zero-order valence-corrected chi connectivity index (χ0v) is 40.5. The molecule has 7 amide bonds. The molecule has 0 radical (unpaired) electrons. The van der Waals surface area contributed by atoms with Gasteiger partial charge in [0, 0.05) is 93.5 Å². The first-order chi connectivity index (χ1) is 34.4. The van der Waals surface area contributed by atoms with Gasteiger partial charge in [0.1, 0.15) is 11.9 Å². The molecule has 20 nitrogen and oxygen atoms in total. The minimum Gasteiger partial charge on any atom is -0.387 e. The van der Waals surface area contributed by atoms with E-state index >= 15 is 0 Å². The molecule has 380 valence electrons. The van der Waals surface area contributed by atoms with Crippen LogP contribution in [0.5, 0.6) is 0 Å². The molecule has 0 fully saturated rings. The summed E-state index contributed by atoms with van der Waals surface area (Å²) in [6.07, 6.45) is 9.38. The van der Waals surface area contributed by atoms with E-state index in [1.165, 1.54) is 18.3 Å². The molecule has 1 unspecified atom stereocenters. The van der Waals surface area contributed by atoms with E-state index in [9.17, 15) is 33.6 Å². The number of rotatable bonds is 31. The monoisotopic (exact) mass is 979 g/mol. The second-order valence-electron chi connectivity index (χ2n) is 16.5. The van der Waals surface area contributed by atoms with E-state index in [1.807, 2.05) is 49.1 Å². The highest BCUT2D eigenvalue weighted by Crippen LogP contribution is 2.29. The largest absolute Gasteiger partial charge is 0.387 e. The van der Waals surface area contributed by atoms with Crippen LogP contribution in [0.4, 0.5) is 11.4 Å². The lowest BCUT2D eigenvalue weighted by Crippen LogP contribution is -2.48. The highest BCUT2D eigenvalue weighted by Gasteiger charge is 2.25. The number of imide groups is 1. The number of aliphatic imine (C=N–C) groups is 1. The minimum atomic E-state index is -0.883. The molecule has 0 saturated carbocycles. The fourth-order valence-corrected chi connectivity index (χ4v) is 7.36. The average Bonchev–Trinajstić information content (AvgIpc) is 3.58. The van der Waals surface area contributed by atoms with Crippen LogP contribution in [0.1, 0.15) is 73.0 Å². The third-order valence-corrected chi connectivity index (χ3v) is 10.9. The number of hydrogen-bond acceptors (Lipinski definition) is 14. The summed E-state index contributed by atoms with van der Waals surface area (Å²) in [6.45, 7) is 7.97. The van der Waals surface area contributed by atoms with Crippen LogP contribution in [-0.4, -0.2) is 147 Å². The quantitative estimate of drug-likeness (QED) is 0.0460. The first-order valence-electron chi connectivity index (χ1n) is 23.9. The molecule has 0 bridgehead atoms. The normalized spacial score (nSPS) is 13.4. The summed E-state index contributed by atoms with van der Waals surface area (Å²) < 4.78 is 22.0. The Hall–Kier alpha value is -7.13. The topological polar surface area (TPSA) is 262 Å². The van der Waals surface area contributed by atoms with Gasteiger partial charge in [0.05, 0.1) is 70.4 Å². The Kier molecular flexibility index (Phi) is 23.0. The highest BCUT2D eigenvalue weighted by atomic mass is 16.6. The summed E-state index contributed by atoms with van der Waals surface area (Å²) in [5.41, 5.74) is 10.1. The maximum atomic E-state index is 13.6. The number of hydrogen-bond donors (Lipinski definition) is 5. The Bertz CT molecular complexity index is 2370. The van der Waals surface area contributed by atoms with Crippen molar-refractivity contribution in [1.29, 1.82) is 0 Å². The van der Waals surface area contributed by atoms with Crippen LogP contribution < -0.4 is 27.0 Å². The number of pyridine rings is 1. The number of nitrogens with two attached hydrogens (primary N) is 1. The number of nitrogens with zero attached hydrogens (tertiary/aromatic N) is 4. The molecule has 2 aliphatic rings. The number of carbonyl (C=O) groups is 7. The molecule has 71 heavy (non-hydrogen) atoms. The number of aromatic nitrogens is 1. The Labute approximate surface area is 413 Å². The lowest BCUT2D eigenvalue weighted by molar-refractivity contribution is -0.137. The summed E-state index contributed by atoms with van der Waals surface area (Å²) in [6, 6.07) is 15.2. The van der Waals surface area contributed by atoms with E-state index in [4.69, 9.17) is 24.7 Å². The van der Waals surface area contributed by atoms with Crippen LogP contribution in [0.3, 0.4) is 0 Å². The van der Waals surface area contributed by atoms with Gasteiger partial charge in [0.15, 0.2) is 0 Å². The molecule has 3 heterocycles. The third kappa shape index (κ3) is 19.0. The second kappa shape index (κ2) is 29.8. The second-order valence-corrected chi connectivity index (χ2v) is 16.5. The molecule has 1 aromatic heterocycles. The smallest absolute Gasteiger partial charge is 0.255 e. The van der Waals surface area contributed by atoms with Gasteiger partial charge >= 0.3 is 0 Å². The Morgan fingerprint density at radius 2 is 1.42 bits per heavy atom. The van der Waals surface area contributed by atoms with Crippen molar-refractivity contribution < 1.29 is 52.5 Å². The molecule has 0 aliphatic carbocycles. The molecule has 2 aliphatic heterocycles. The molecule has 2 aromatic carbocycles. The van der Waals surface area contributed by atoms with Crippen LogP contribution in [0.2, 0.25) is 0 Å². The van der Waals surface area contributed by atoms with Crippen LogP contribution in [0.15, 0.2) is 89.7 Å². The molecular weight excluding hydrogens is 915 g/mol. The van der Waals surface area contributed by atoms with Gasteiger partial charge in [-0.1, -0.05) is 50.2 Å². The van der Waals surface area contributed by atoms with Gasteiger partial charge in [0.2, 0.25) is 23.6 Å². The van der Waals surface area contributed by atoms with Crippen molar-refractivity contribution in [1.82, 2.24) is 30.7 Å². The van der Waals surface area contributed by atoms with E-state index in [2.05, 4.69) is 31.2 Å². The van der Waals surface area contributed by atoms with Crippen molar-refractivity contribution in [2.75, 3.05) is 84.4 Å². The zero-order valence-electron chi connectivity index (χ0n) is 40.5. The summed E-state index contributed by atoms with van der Waals surface area (Å²) in [5, 5.41) is 11.2. The Morgan fingerprint density at radius 3 is 2.10 bits per heavy atom. The van der Waals surface area contributed by atoms with Gasteiger partial charge < -0.3 is 50.8 Å². The number of ether oxygens (including phenoxy) is 4. The van der Waals surface area contributed by atoms with Crippen molar-refractivity contribution >= 4 is 64.6 Å². The molecule has 0 saturated heterocycles. The molecular formula is C51H65N9O11. The van der Waals surface area contributed by atoms with Gasteiger partial charge in [-0.05, 0) is 48.2 Å². The predicted molar refractivity (Wildman–Crippen MR) is 265 cm³/mol. The van der Waals surface area contributed by atoms with Crippen molar-refractivity contribution in [3.8, 4) is 0 Å². The Balaban J connectivity index is 0.979. The fraction of sp³-hybridized carbons (Fsp3) is 0.431. The summed E-state index contributed by atoms with van der Waals surface area (Å²) in [4.78, 5) is 100. The van der Waals surface area contributed by atoms with Crippen molar-refractivity contribution in [2.45, 2.75) is 65.0 Å². The minimum absolute atomic E-state index is 0.0149. The van der Waals surface area contributed by atoms with E-state index in [0.29, 0.717) is 73.2 Å². The van der Waals surface area contributed by atoms with E-state index in [1.54, 1.807) is 36.5 Å². The van der Waals surface area contributed by atoms with E-state index in [-0.39, 0.29) is 95.3 Å². The van der Waals surface area contributed by atoms with Crippen LogP contribution in [0, 0.1) is 0 Å². The van der Waals surface area contributed by atoms with E-state index < -0.39 is 29.7 Å². The molecule has 0 spiro atoms. The van der Waals surface area contributed by atoms with Crippen LogP contribution in [-0.2, 0) is 60.7 Å². The Morgan fingerprint density at radius 1 is 0.761 bits per heavy atom. The zero-order chi connectivity index (χ0) is 50.8. The van der Waals surface area contributed by atoms with Crippen molar-refractivity contribution in [3.63, 3.8) is 0 Å². The number of fused-ring (bicyclic) bond motifs is 1. The molecule has 1 atom stereocenters. The fourth-order valence-electron chi connectivity index (χ4n) is 7.36. The maximum Gasteiger partial charge on any atom is 0.255 e. The lowest BCUT2D eigenvalue weighted by atomic mass is 10.0. The summed E-state index contributed by atoms with van der Waals surface area (Å²) in [7, 11) is 0. The molecule has 5 rings (SSSR count). The number of anilines is 1. The number of benzene rings is 2. The van der Waals surface area contributed by atoms with Gasteiger partial charge in [-0.3, -0.25) is 43.4 Å². The first kappa shape index (κ1) is 54.8. The molecule has 3 aromatic rings. The van der Waals surface area contributed by atoms with Gasteiger partial charge in [-0.2, -0.15) is 0 Å². The highest BCUT2D eigenvalue weighted by molar-refractivity contribution is 6.13. The molecule has 20 heteroatoms. The van der Waals surface area contributed by atoms with Crippen LogP contribution >= 0.6 is 0 Å². The average molecular weight is 980 g/mol. The maximum absolute atomic E-state index is 13.6. The molecule has 6 N–H and O–H groups in total. The van der Waals surface area contributed by atoms with Gasteiger partial charge in [0.25, 0.3) is 17.7 Å². The number of carbonyl (C=O) groups excluding carboxylic acids is 7. The SMILES string of the molecule is CCCN(CCC)C(=O)C1=Cc2ccc(C(=O)Nc3cncc(CNC(=O)C(Cc4ccccc4)NC(=O)CCOCCOCCOCCOCCNC(=O)CCN4C(=O)C=CC4=O)c3)cc2N=C(N)C1. The summed E-state index contributed by atoms with van der Waals surface area (Å²) in [5.74, 6) is -2.11. The third-order valence-electron chi connectivity index (χ3n) is 10.9. The summed E-state index contributed by atoms with van der Waals surface area (Å²) >= 11 is 0. The number of nitrogens with one attached hydrogen (secondary N) is 4. The first-order valence-corrected chi connectivity index (χ1v) is 23.9. The van der Waals surface area contributed by atoms with Crippen molar-refractivity contribution in [2.24, 2.45) is 10.7 Å². The number of amidine groups is 1. The predicted octanol–water partition coefficient (Wildman–Crippen LogP) is 2.99. The van der Waals surface area contributed by atoms with Gasteiger partial charge in [-0.15, -0.1) is 0 Å². The van der Waals surface area contributed by atoms with Crippen molar-refractivity contribution in [3.05, 3.63) is 107 Å². The van der Waals surface area contributed by atoms with Crippen LogP contribution in [0.25, 0.3) is 6.08 Å².